The lowest BCUT2D eigenvalue weighted by Gasteiger charge is -2.17. The van der Waals surface area contributed by atoms with E-state index in [1.54, 1.807) is 11.3 Å². The molecule has 2 aromatic rings. The van der Waals surface area contributed by atoms with E-state index in [1.807, 2.05) is 45.5 Å². The molecule has 0 bridgehead atoms. The van der Waals surface area contributed by atoms with Crippen LogP contribution in [0.15, 0.2) is 29.8 Å². The second-order valence-corrected chi connectivity index (χ2v) is 5.65. The summed E-state index contributed by atoms with van der Waals surface area (Å²) in [5.41, 5.74) is 4.18. The first-order chi connectivity index (χ1) is 9.11. The molecule has 1 unspecified atom stereocenters. The first-order valence-corrected chi connectivity index (χ1v) is 7.33. The highest BCUT2D eigenvalue weighted by Crippen LogP contribution is 2.29. The summed E-state index contributed by atoms with van der Waals surface area (Å²) in [7, 11) is 1.97. The van der Waals surface area contributed by atoms with Crippen molar-refractivity contribution in [1.82, 2.24) is 10.3 Å². The minimum Gasteiger partial charge on any atom is -0.491 e. The van der Waals surface area contributed by atoms with Gasteiger partial charge in [0.05, 0.1) is 23.4 Å². The average Bonchev–Trinajstić information content (AvgIpc) is 2.77. The number of nitrogens with zero attached hydrogens (tertiary/aromatic N) is 1. The van der Waals surface area contributed by atoms with E-state index in [0.29, 0.717) is 0 Å². The number of thiazole rings is 1. The maximum absolute atomic E-state index is 5.76. The van der Waals surface area contributed by atoms with Crippen LogP contribution in [0.25, 0.3) is 0 Å². The van der Waals surface area contributed by atoms with E-state index in [-0.39, 0.29) is 12.1 Å². The van der Waals surface area contributed by atoms with Gasteiger partial charge in [0, 0.05) is 4.88 Å². The van der Waals surface area contributed by atoms with E-state index in [4.69, 9.17) is 4.74 Å². The molecule has 3 nitrogen and oxygen atoms in total. The minimum atomic E-state index is 0.170. The second-order valence-electron chi connectivity index (χ2n) is 4.76. The maximum atomic E-state index is 5.76. The summed E-state index contributed by atoms with van der Waals surface area (Å²) in [4.78, 5) is 5.58. The van der Waals surface area contributed by atoms with Gasteiger partial charge in [0.25, 0.3) is 0 Å². The largest absolute Gasteiger partial charge is 0.491 e. The number of hydrogen-bond acceptors (Lipinski definition) is 4. The SMILES string of the molecule is CNC(c1cccc(OC(C)C)c1)c1scnc1C. The number of hydrogen-bond donors (Lipinski definition) is 1. The molecule has 1 aromatic carbocycles. The molecule has 0 aliphatic carbocycles. The maximum Gasteiger partial charge on any atom is 0.120 e. The molecule has 4 heteroatoms. The number of aromatic nitrogens is 1. The lowest BCUT2D eigenvalue weighted by atomic mass is 10.0. The van der Waals surface area contributed by atoms with Crippen molar-refractivity contribution in [3.63, 3.8) is 0 Å². The van der Waals surface area contributed by atoms with Crippen LogP contribution in [0.1, 0.15) is 36.0 Å². The molecular weight excluding hydrogens is 256 g/mol. The zero-order chi connectivity index (χ0) is 13.8. The summed E-state index contributed by atoms with van der Waals surface area (Å²) < 4.78 is 5.76. The van der Waals surface area contributed by atoms with Gasteiger partial charge >= 0.3 is 0 Å². The molecule has 102 valence electrons. The molecule has 0 saturated carbocycles. The van der Waals surface area contributed by atoms with Gasteiger partial charge in [-0.1, -0.05) is 12.1 Å². The quantitative estimate of drug-likeness (QED) is 0.907. The molecule has 0 radical (unpaired) electrons. The summed E-state index contributed by atoms with van der Waals surface area (Å²) in [5.74, 6) is 0.912. The van der Waals surface area contributed by atoms with Gasteiger partial charge < -0.3 is 10.1 Å². The van der Waals surface area contributed by atoms with Crippen LogP contribution in [0.3, 0.4) is 0 Å². The Bertz CT molecular complexity index is 536. The highest BCUT2D eigenvalue weighted by atomic mass is 32.1. The fourth-order valence-corrected chi connectivity index (χ4v) is 3.01. The molecule has 0 fully saturated rings. The standard InChI is InChI=1S/C15H20N2OS/c1-10(2)18-13-7-5-6-12(8-13)14(16-4)15-11(3)17-9-19-15/h5-10,14,16H,1-4H3. The molecule has 0 saturated heterocycles. The van der Waals surface area contributed by atoms with Gasteiger partial charge in [0.2, 0.25) is 0 Å². The molecule has 0 amide bonds. The van der Waals surface area contributed by atoms with Crippen molar-refractivity contribution in [2.45, 2.75) is 32.9 Å². The molecule has 2 rings (SSSR count). The normalized spacial score (nSPS) is 12.7. The van der Waals surface area contributed by atoms with Gasteiger partial charge in [-0.15, -0.1) is 11.3 Å². The third kappa shape index (κ3) is 3.33. The molecule has 1 N–H and O–H groups in total. The van der Waals surface area contributed by atoms with Gasteiger partial charge in [0.15, 0.2) is 0 Å². The number of nitrogens with one attached hydrogen (secondary N) is 1. The molecule has 0 spiro atoms. The Morgan fingerprint density at radius 2 is 2.11 bits per heavy atom. The van der Waals surface area contributed by atoms with Crippen molar-refractivity contribution in [1.29, 1.82) is 0 Å². The number of ether oxygens (including phenoxy) is 1. The van der Waals surface area contributed by atoms with Crippen LogP contribution in [-0.2, 0) is 0 Å². The molecule has 1 heterocycles. The fraction of sp³-hybridized carbons (Fsp3) is 0.400. The molecule has 1 aromatic heterocycles. The third-order valence-electron chi connectivity index (χ3n) is 2.90. The van der Waals surface area contributed by atoms with Crippen LogP contribution in [-0.4, -0.2) is 18.1 Å². The predicted molar refractivity (Wildman–Crippen MR) is 80.0 cm³/mol. The minimum absolute atomic E-state index is 0.170. The molecule has 1 atom stereocenters. The van der Waals surface area contributed by atoms with E-state index in [2.05, 4.69) is 22.4 Å². The van der Waals surface area contributed by atoms with Gasteiger partial charge in [0.1, 0.15) is 5.75 Å². The smallest absolute Gasteiger partial charge is 0.120 e. The highest BCUT2D eigenvalue weighted by molar-refractivity contribution is 7.09. The lowest BCUT2D eigenvalue weighted by molar-refractivity contribution is 0.242. The predicted octanol–water partition coefficient (Wildman–Crippen LogP) is 3.55. The Morgan fingerprint density at radius 1 is 1.32 bits per heavy atom. The Labute approximate surface area is 118 Å². The zero-order valence-corrected chi connectivity index (χ0v) is 12.6. The number of benzene rings is 1. The van der Waals surface area contributed by atoms with Crippen molar-refractivity contribution in [2.24, 2.45) is 0 Å². The summed E-state index contributed by atoms with van der Waals surface area (Å²) in [6.07, 6.45) is 0.188. The summed E-state index contributed by atoms with van der Waals surface area (Å²) in [6, 6.07) is 8.42. The van der Waals surface area contributed by atoms with Crippen LogP contribution >= 0.6 is 11.3 Å². The van der Waals surface area contributed by atoms with E-state index in [0.717, 1.165) is 11.4 Å². The monoisotopic (exact) mass is 276 g/mol. The highest BCUT2D eigenvalue weighted by Gasteiger charge is 2.17. The molecule has 0 aliphatic rings. The summed E-state index contributed by atoms with van der Waals surface area (Å²) in [6.45, 7) is 6.12. The van der Waals surface area contributed by atoms with Crippen LogP contribution in [0.5, 0.6) is 5.75 Å². The van der Waals surface area contributed by atoms with E-state index in [9.17, 15) is 0 Å². The Balaban J connectivity index is 2.31. The van der Waals surface area contributed by atoms with Gasteiger partial charge in [-0.2, -0.15) is 0 Å². The van der Waals surface area contributed by atoms with Crippen LogP contribution in [0, 0.1) is 6.92 Å². The van der Waals surface area contributed by atoms with Crippen molar-refractivity contribution in [2.75, 3.05) is 7.05 Å². The van der Waals surface area contributed by atoms with Crippen molar-refractivity contribution in [3.05, 3.63) is 45.9 Å². The Kier molecular flexibility index (Phi) is 4.56. The first-order valence-electron chi connectivity index (χ1n) is 6.45. The summed E-state index contributed by atoms with van der Waals surface area (Å²) >= 11 is 1.68. The third-order valence-corrected chi connectivity index (χ3v) is 3.89. The molecule has 19 heavy (non-hydrogen) atoms. The average molecular weight is 276 g/mol. The van der Waals surface area contributed by atoms with Gasteiger partial charge in [-0.25, -0.2) is 4.98 Å². The first kappa shape index (κ1) is 14.0. The number of rotatable bonds is 5. The van der Waals surface area contributed by atoms with E-state index < -0.39 is 0 Å². The van der Waals surface area contributed by atoms with Gasteiger partial charge in [-0.3, -0.25) is 0 Å². The van der Waals surface area contributed by atoms with Crippen LogP contribution in [0.2, 0.25) is 0 Å². The second kappa shape index (κ2) is 6.17. The van der Waals surface area contributed by atoms with E-state index in [1.165, 1.54) is 10.4 Å². The van der Waals surface area contributed by atoms with Crippen molar-refractivity contribution in [3.8, 4) is 5.75 Å². The summed E-state index contributed by atoms with van der Waals surface area (Å²) in [5, 5.41) is 3.36. The van der Waals surface area contributed by atoms with Crippen LogP contribution < -0.4 is 10.1 Å². The molecule has 0 aliphatic heterocycles. The van der Waals surface area contributed by atoms with Gasteiger partial charge in [-0.05, 0) is 45.5 Å². The van der Waals surface area contributed by atoms with Crippen molar-refractivity contribution >= 4 is 11.3 Å². The molecular formula is C15H20N2OS. The fourth-order valence-electron chi connectivity index (χ4n) is 2.08. The topological polar surface area (TPSA) is 34.1 Å². The lowest BCUT2D eigenvalue weighted by Crippen LogP contribution is -2.17. The van der Waals surface area contributed by atoms with Crippen LogP contribution in [0.4, 0.5) is 0 Å². The van der Waals surface area contributed by atoms with E-state index >= 15 is 0 Å². The Hall–Kier alpha value is -1.39. The van der Waals surface area contributed by atoms with Crippen molar-refractivity contribution < 1.29 is 4.74 Å². The zero-order valence-electron chi connectivity index (χ0n) is 11.8. The Morgan fingerprint density at radius 3 is 2.68 bits per heavy atom. The number of aryl methyl sites for hydroxylation is 1.